The summed E-state index contributed by atoms with van der Waals surface area (Å²) in [6.45, 7) is 9.00. The Morgan fingerprint density at radius 1 is 1.40 bits per heavy atom. The van der Waals surface area contributed by atoms with Crippen LogP contribution in [0.5, 0.6) is 0 Å². The minimum Gasteiger partial charge on any atom is -0.381 e. The van der Waals surface area contributed by atoms with Gasteiger partial charge in [0.05, 0.1) is 13.0 Å². The highest BCUT2D eigenvalue weighted by molar-refractivity contribution is 7.07. The molecule has 2 heterocycles. The highest BCUT2D eigenvalue weighted by Gasteiger charge is 2.24. The van der Waals surface area contributed by atoms with Crippen molar-refractivity contribution in [3.05, 3.63) is 22.4 Å². The van der Waals surface area contributed by atoms with Gasteiger partial charge in [0.1, 0.15) is 0 Å². The van der Waals surface area contributed by atoms with Gasteiger partial charge >= 0.3 is 0 Å². The van der Waals surface area contributed by atoms with Gasteiger partial charge in [0.2, 0.25) is 5.91 Å². The van der Waals surface area contributed by atoms with Gasteiger partial charge in [-0.1, -0.05) is 0 Å². The van der Waals surface area contributed by atoms with E-state index in [1.54, 1.807) is 11.3 Å². The second kappa shape index (κ2) is 7.76. The molecule has 0 saturated carbocycles. The molecule has 2 rings (SSSR count). The van der Waals surface area contributed by atoms with Crippen molar-refractivity contribution in [2.75, 3.05) is 39.4 Å². The number of ether oxygens (including phenoxy) is 1. The maximum Gasteiger partial charge on any atom is 0.224 e. The van der Waals surface area contributed by atoms with Gasteiger partial charge in [0.15, 0.2) is 0 Å². The van der Waals surface area contributed by atoms with Crippen molar-refractivity contribution in [2.24, 2.45) is 0 Å². The molecule has 112 valence electrons. The quantitative estimate of drug-likeness (QED) is 0.756. The molecule has 5 heteroatoms. The fraction of sp³-hybridized carbons (Fsp3) is 0.667. The molecule has 1 atom stereocenters. The first kappa shape index (κ1) is 15.5. The van der Waals surface area contributed by atoms with Gasteiger partial charge in [-0.25, -0.2) is 0 Å². The number of hydrogen-bond acceptors (Lipinski definition) is 4. The molecule has 0 bridgehead atoms. The summed E-state index contributed by atoms with van der Waals surface area (Å²) >= 11 is 1.74. The van der Waals surface area contributed by atoms with Gasteiger partial charge in [-0.3, -0.25) is 9.69 Å². The molecule has 0 spiro atoms. The maximum absolute atomic E-state index is 12.0. The van der Waals surface area contributed by atoms with E-state index in [2.05, 4.69) is 28.7 Å². The van der Waals surface area contributed by atoms with E-state index in [-0.39, 0.29) is 5.91 Å². The number of amides is 1. The Balaban J connectivity index is 1.76. The van der Waals surface area contributed by atoms with E-state index in [0.29, 0.717) is 25.7 Å². The summed E-state index contributed by atoms with van der Waals surface area (Å²) in [7, 11) is 0. The third-order valence-electron chi connectivity index (χ3n) is 3.90. The lowest BCUT2D eigenvalue weighted by Crippen LogP contribution is -2.49. The number of carbonyl (C=O) groups is 1. The van der Waals surface area contributed by atoms with Crippen LogP contribution in [0.1, 0.15) is 31.9 Å². The topological polar surface area (TPSA) is 32.8 Å². The smallest absolute Gasteiger partial charge is 0.224 e. The van der Waals surface area contributed by atoms with Crippen LogP contribution in [0.15, 0.2) is 16.8 Å². The van der Waals surface area contributed by atoms with Crippen LogP contribution in [0, 0.1) is 0 Å². The molecule has 4 nitrogen and oxygen atoms in total. The van der Waals surface area contributed by atoms with Crippen LogP contribution in [0.4, 0.5) is 0 Å². The summed E-state index contributed by atoms with van der Waals surface area (Å²) in [5, 5.41) is 4.34. The van der Waals surface area contributed by atoms with Crippen LogP contribution >= 0.6 is 11.3 Å². The van der Waals surface area contributed by atoms with E-state index in [0.717, 1.165) is 26.2 Å². The molecule has 1 aliphatic heterocycles. The zero-order chi connectivity index (χ0) is 14.4. The Kier molecular flexibility index (Phi) is 6.01. The predicted molar refractivity (Wildman–Crippen MR) is 82.0 cm³/mol. The van der Waals surface area contributed by atoms with E-state index < -0.39 is 0 Å². The first-order chi connectivity index (χ1) is 9.72. The number of nitrogens with zero attached hydrogens (tertiary/aromatic N) is 2. The third kappa shape index (κ3) is 4.04. The Hall–Kier alpha value is -0.910. The second-order valence-electron chi connectivity index (χ2n) is 5.10. The minimum absolute atomic E-state index is 0.223. The molecule has 0 unspecified atom stereocenters. The maximum atomic E-state index is 12.0. The molecule has 0 aliphatic carbocycles. The summed E-state index contributed by atoms with van der Waals surface area (Å²) in [5.41, 5.74) is 1.38. The lowest BCUT2D eigenvalue weighted by atomic mass is 10.1. The van der Waals surface area contributed by atoms with Gasteiger partial charge in [0.25, 0.3) is 0 Å². The van der Waals surface area contributed by atoms with Crippen LogP contribution in [-0.4, -0.2) is 55.1 Å². The lowest BCUT2D eigenvalue weighted by Gasteiger charge is -2.38. The van der Waals surface area contributed by atoms with Crippen molar-refractivity contribution in [1.29, 1.82) is 0 Å². The van der Waals surface area contributed by atoms with E-state index >= 15 is 0 Å². The summed E-state index contributed by atoms with van der Waals surface area (Å²) in [4.78, 5) is 16.4. The zero-order valence-electron chi connectivity index (χ0n) is 12.4. The Labute approximate surface area is 125 Å². The first-order valence-electron chi connectivity index (χ1n) is 7.34. The molecule has 1 aliphatic rings. The normalized spacial score (nSPS) is 18.2. The highest BCUT2D eigenvalue weighted by Crippen LogP contribution is 2.23. The van der Waals surface area contributed by atoms with Crippen LogP contribution < -0.4 is 0 Å². The van der Waals surface area contributed by atoms with E-state index in [1.165, 1.54) is 5.56 Å². The second-order valence-corrected chi connectivity index (χ2v) is 5.88. The van der Waals surface area contributed by atoms with Crippen LogP contribution in [0.3, 0.4) is 0 Å². The number of carbonyl (C=O) groups excluding carboxylic acids is 1. The summed E-state index contributed by atoms with van der Waals surface area (Å²) in [6.07, 6.45) is 0.508. The number of piperazine rings is 1. The van der Waals surface area contributed by atoms with Crippen LogP contribution in [0.2, 0.25) is 0 Å². The highest BCUT2D eigenvalue weighted by atomic mass is 32.1. The van der Waals surface area contributed by atoms with Crippen molar-refractivity contribution in [2.45, 2.75) is 26.3 Å². The van der Waals surface area contributed by atoms with Crippen molar-refractivity contribution < 1.29 is 9.53 Å². The molecule has 1 saturated heterocycles. The molecular formula is C15H24N2O2S. The lowest BCUT2D eigenvalue weighted by molar-refractivity contribution is -0.134. The summed E-state index contributed by atoms with van der Waals surface area (Å²) in [5.74, 6) is 0.223. The first-order valence-corrected chi connectivity index (χ1v) is 8.28. The SMILES string of the molecule is CCOCCC(=O)N1CCN([C@@H](C)c2ccsc2)CC1. The van der Waals surface area contributed by atoms with Gasteiger partial charge in [-0.2, -0.15) is 11.3 Å². The van der Waals surface area contributed by atoms with Gasteiger partial charge in [-0.15, -0.1) is 0 Å². The minimum atomic E-state index is 0.223. The van der Waals surface area contributed by atoms with E-state index in [4.69, 9.17) is 4.74 Å². The molecule has 1 aromatic heterocycles. The van der Waals surface area contributed by atoms with Crippen molar-refractivity contribution in [3.63, 3.8) is 0 Å². The van der Waals surface area contributed by atoms with Crippen LogP contribution in [0.25, 0.3) is 0 Å². The monoisotopic (exact) mass is 296 g/mol. The van der Waals surface area contributed by atoms with Crippen molar-refractivity contribution >= 4 is 17.2 Å². The Bertz CT molecular complexity index is 400. The average molecular weight is 296 g/mol. The average Bonchev–Trinajstić information content (AvgIpc) is 3.01. The third-order valence-corrected chi connectivity index (χ3v) is 4.61. The molecule has 1 aromatic rings. The molecular weight excluding hydrogens is 272 g/mol. The fourth-order valence-electron chi connectivity index (χ4n) is 2.54. The standard InChI is InChI=1S/C15H24N2O2S/c1-3-19-10-4-15(18)17-8-6-16(7-9-17)13(2)14-5-11-20-12-14/h5,11-13H,3-4,6-10H2,1-2H3/t13-/m0/s1. The fourth-order valence-corrected chi connectivity index (χ4v) is 3.29. The molecule has 1 amide bonds. The molecule has 0 N–H and O–H groups in total. The molecule has 0 aromatic carbocycles. The number of thiophene rings is 1. The number of rotatable bonds is 6. The van der Waals surface area contributed by atoms with Gasteiger partial charge in [-0.05, 0) is 36.2 Å². The van der Waals surface area contributed by atoms with Crippen molar-refractivity contribution in [3.8, 4) is 0 Å². The van der Waals surface area contributed by atoms with E-state index in [1.807, 2.05) is 11.8 Å². The van der Waals surface area contributed by atoms with Gasteiger partial charge < -0.3 is 9.64 Å². The predicted octanol–water partition coefficient (Wildman–Crippen LogP) is 2.38. The van der Waals surface area contributed by atoms with E-state index in [9.17, 15) is 4.79 Å². The largest absolute Gasteiger partial charge is 0.381 e. The molecule has 1 fully saturated rings. The zero-order valence-corrected chi connectivity index (χ0v) is 13.2. The Morgan fingerprint density at radius 3 is 2.75 bits per heavy atom. The molecule has 0 radical (unpaired) electrons. The van der Waals surface area contributed by atoms with Crippen LogP contribution in [-0.2, 0) is 9.53 Å². The molecule has 20 heavy (non-hydrogen) atoms. The summed E-state index contributed by atoms with van der Waals surface area (Å²) in [6, 6.07) is 2.64. The van der Waals surface area contributed by atoms with Crippen molar-refractivity contribution in [1.82, 2.24) is 9.80 Å². The van der Waals surface area contributed by atoms with Gasteiger partial charge in [0, 0.05) is 38.8 Å². The summed E-state index contributed by atoms with van der Waals surface area (Å²) < 4.78 is 5.25. The number of hydrogen-bond donors (Lipinski definition) is 0. The Morgan fingerprint density at radius 2 is 2.15 bits per heavy atom.